The van der Waals surface area contributed by atoms with Gasteiger partial charge in [-0.1, -0.05) is 24.3 Å². The predicted molar refractivity (Wildman–Crippen MR) is 69.8 cm³/mol. The van der Waals surface area contributed by atoms with Gasteiger partial charge in [-0.15, -0.1) is 0 Å². The van der Waals surface area contributed by atoms with Crippen LogP contribution in [0.15, 0.2) is 35.5 Å². The lowest BCUT2D eigenvalue weighted by Crippen LogP contribution is -2.14. The van der Waals surface area contributed by atoms with Crippen molar-refractivity contribution >= 4 is 0 Å². The van der Waals surface area contributed by atoms with Crippen molar-refractivity contribution in [1.29, 1.82) is 0 Å². The number of aliphatic hydroxyl groups is 1. The number of ether oxygens (including phenoxy) is 1. The molecule has 2 unspecified atom stereocenters. The van der Waals surface area contributed by atoms with E-state index in [4.69, 9.17) is 4.74 Å². The van der Waals surface area contributed by atoms with Crippen molar-refractivity contribution in [2.75, 3.05) is 7.11 Å². The molecule has 94 valence electrons. The predicted octanol–water partition coefficient (Wildman–Crippen LogP) is 3.14. The van der Waals surface area contributed by atoms with E-state index in [2.05, 4.69) is 24.3 Å². The maximum absolute atomic E-state index is 9.87. The average molecular weight is 234 g/mol. The summed E-state index contributed by atoms with van der Waals surface area (Å²) in [7, 11) is 1.76. The van der Waals surface area contributed by atoms with Crippen molar-refractivity contribution in [3.05, 3.63) is 35.5 Å². The van der Waals surface area contributed by atoms with Gasteiger partial charge >= 0.3 is 0 Å². The molecule has 2 nitrogen and oxygen atoms in total. The zero-order valence-electron chi connectivity index (χ0n) is 10.6. The molecule has 0 amide bonds. The molecular weight excluding hydrogens is 212 g/mol. The first-order valence-corrected chi connectivity index (χ1v) is 6.56. The molecule has 2 aliphatic carbocycles. The highest BCUT2D eigenvalue weighted by Crippen LogP contribution is 2.25. The lowest BCUT2D eigenvalue weighted by atomic mass is 9.90. The van der Waals surface area contributed by atoms with E-state index in [0.717, 1.165) is 38.5 Å². The summed E-state index contributed by atoms with van der Waals surface area (Å²) in [5, 5.41) is 9.87. The van der Waals surface area contributed by atoms with E-state index in [1.807, 2.05) is 0 Å². The van der Waals surface area contributed by atoms with E-state index < -0.39 is 0 Å². The first-order valence-electron chi connectivity index (χ1n) is 6.56. The molecule has 1 N–H and O–H groups in total. The van der Waals surface area contributed by atoms with Gasteiger partial charge < -0.3 is 9.84 Å². The molecule has 0 heterocycles. The van der Waals surface area contributed by atoms with Crippen molar-refractivity contribution in [2.24, 2.45) is 0 Å². The molecule has 0 radical (unpaired) electrons. The molecule has 17 heavy (non-hydrogen) atoms. The van der Waals surface area contributed by atoms with Gasteiger partial charge in [-0.2, -0.15) is 0 Å². The van der Waals surface area contributed by atoms with Gasteiger partial charge in [-0.05, 0) is 49.7 Å². The Balaban J connectivity index is 1.87. The molecule has 0 spiro atoms. The number of hydrogen-bond acceptors (Lipinski definition) is 2. The maximum Gasteiger partial charge on any atom is 0.0792 e. The van der Waals surface area contributed by atoms with Crippen LogP contribution in [0.1, 0.15) is 38.5 Å². The molecule has 0 bridgehead atoms. The number of rotatable bonds is 4. The molecule has 2 heteroatoms. The van der Waals surface area contributed by atoms with E-state index in [-0.39, 0.29) is 12.2 Å². The van der Waals surface area contributed by atoms with Crippen LogP contribution in [0.2, 0.25) is 0 Å². The van der Waals surface area contributed by atoms with Crippen LogP contribution in [-0.4, -0.2) is 24.4 Å². The summed E-state index contributed by atoms with van der Waals surface area (Å²) >= 11 is 0. The van der Waals surface area contributed by atoms with E-state index in [1.165, 1.54) is 11.1 Å². The van der Waals surface area contributed by atoms with E-state index in [0.29, 0.717) is 0 Å². The van der Waals surface area contributed by atoms with Crippen LogP contribution in [0, 0.1) is 0 Å². The van der Waals surface area contributed by atoms with Crippen molar-refractivity contribution in [3.8, 4) is 0 Å². The van der Waals surface area contributed by atoms with Crippen LogP contribution in [-0.2, 0) is 4.74 Å². The smallest absolute Gasteiger partial charge is 0.0792 e. The molecule has 2 rings (SSSR count). The lowest BCUT2D eigenvalue weighted by Gasteiger charge is -2.20. The van der Waals surface area contributed by atoms with Crippen LogP contribution in [0.25, 0.3) is 0 Å². The Morgan fingerprint density at radius 3 is 3.06 bits per heavy atom. The van der Waals surface area contributed by atoms with Crippen LogP contribution in [0.3, 0.4) is 0 Å². The Morgan fingerprint density at radius 1 is 1.41 bits per heavy atom. The third kappa shape index (κ3) is 3.55. The molecule has 0 saturated heterocycles. The third-order valence-corrected chi connectivity index (χ3v) is 3.62. The minimum atomic E-state index is -0.199. The highest BCUT2D eigenvalue weighted by Gasteiger charge is 2.15. The van der Waals surface area contributed by atoms with Crippen molar-refractivity contribution in [3.63, 3.8) is 0 Å². The first-order chi connectivity index (χ1) is 8.29. The minimum absolute atomic E-state index is 0.199. The quantitative estimate of drug-likeness (QED) is 0.757. The second-order valence-electron chi connectivity index (χ2n) is 4.88. The molecule has 2 atom stereocenters. The maximum atomic E-state index is 9.87. The van der Waals surface area contributed by atoms with Gasteiger partial charge in [0, 0.05) is 7.11 Å². The second-order valence-corrected chi connectivity index (χ2v) is 4.88. The van der Waals surface area contributed by atoms with Gasteiger partial charge in [0.05, 0.1) is 12.2 Å². The molecule has 0 aromatic rings. The van der Waals surface area contributed by atoms with Crippen molar-refractivity contribution in [1.82, 2.24) is 0 Å². The van der Waals surface area contributed by atoms with Gasteiger partial charge in [0.2, 0.25) is 0 Å². The summed E-state index contributed by atoms with van der Waals surface area (Å²) in [6.45, 7) is 0. The highest BCUT2D eigenvalue weighted by molar-refractivity contribution is 5.26. The van der Waals surface area contributed by atoms with Gasteiger partial charge in [0.1, 0.15) is 0 Å². The number of allylic oxidation sites excluding steroid dienone is 3. The fourth-order valence-corrected chi connectivity index (χ4v) is 2.52. The molecule has 2 aliphatic rings. The van der Waals surface area contributed by atoms with E-state index in [1.54, 1.807) is 7.11 Å². The van der Waals surface area contributed by atoms with E-state index in [9.17, 15) is 5.11 Å². The van der Waals surface area contributed by atoms with Crippen molar-refractivity contribution < 1.29 is 9.84 Å². The van der Waals surface area contributed by atoms with Crippen LogP contribution >= 0.6 is 0 Å². The molecule has 0 aliphatic heterocycles. The first kappa shape index (κ1) is 12.6. The fourth-order valence-electron chi connectivity index (χ4n) is 2.52. The molecule has 0 saturated carbocycles. The SMILES string of the molecule is COC1C=C(CCC2=CCCCC2O)C=CC1. The summed E-state index contributed by atoms with van der Waals surface area (Å²) in [6, 6.07) is 0. The monoisotopic (exact) mass is 234 g/mol. The highest BCUT2D eigenvalue weighted by atomic mass is 16.5. The lowest BCUT2D eigenvalue weighted by molar-refractivity contribution is 0.142. The number of methoxy groups -OCH3 is 1. The zero-order chi connectivity index (χ0) is 12.1. The normalized spacial score (nSPS) is 28.8. The van der Waals surface area contributed by atoms with Gasteiger partial charge in [-0.25, -0.2) is 0 Å². The second kappa shape index (κ2) is 6.18. The molecule has 0 fully saturated rings. The summed E-state index contributed by atoms with van der Waals surface area (Å²) in [5.41, 5.74) is 2.56. The largest absolute Gasteiger partial charge is 0.389 e. The number of aliphatic hydroxyl groups excluding tert-OH is 1. The topological polar surface area (TPSA) is 29.5 Å². The average Bonchev–Trinajstić information content (AvgIpc) is 2.38. The van der Waals surface area contributed by atoms with Crippen LogP contribution < -0.4 is 0 Å². The summed E-state index contributed by atoms with van der Waals surface area (Å²) in [6.07, 6.45) is 15.0. The Hall–Kier alpha value is -0.860. The van der Waals surface area contributed by atoms with E-state index >= 15 is 0 Å². The number of hydrogen-bond donors (Lipinski definition) is 1. The molecule has 0 aromatic heterocycles. The summed E-state index contributed by atoms with van der Waals surface area (Å²) < 4.78 is 5.34. The molecular formula is C15H22O2. The van der Waals surface area contributed by atoms with Gasteiger partial charge in [-0.3, -0.25) is 0 Å². The van der Waals surface area contributed by atoms with Gasteiger partial charge in [0.25, 0.3) is 0 Å². The Morgan fingerprint density at radius 2 is 2.29 bits per heavy atom. The summed E-state index contributed by atoms with van der Waals surface area (Å²) in [5.74, 6) is 0. The standard InChI is InChI=1S/C15H22O2/c1-17-14-7-4-5-12(11-14)9-10-13-6-2-3-8-15(13)16/h4-6,11,14-16H,2-3,7-10H2,1H3. The Labute approximate surface area is 104 Å². The fraction of sp³-hybridized carbons (Fsp3) is 0.600. The molecule has 0 aromatic carbocycles. The third-order valence-electron chi connectivity index (χ3n) is 3.62. The van der Waals surface area contributed by atoms with Crippen LogP contribution in [0.5, 0.6) is 0 Å². The Kier molecular flexibility index (Phi) is 4.57. The van der Waals surface area contributed by atoms with Gasteiger partial charge in [0.15, 0.2) is 0 Å². The minimum Gasteiger partial charge on any atom is -0.389 e. The van der Waals surface area contributed by atoms with Crippen molar-refractivity contribution in [2.45, 2.75) is 50.7 Å². The summed E-state index contributed by atoms with van der Waals surface area (Å²) in [4.78, 5) is 0. The van der Waals surface area contributed by atoms with Crippen LogP contribution in [0.4, 0.5) is 0 Å². The Bertz CT molecular complexity index is 339. The zero-order valence-corrected chi connectivity index (χ0v) is 10.6.